The number of morpholine rings is 1. The van der Waals surface area contributed by atoms with E-state index in [2.05, 4.69) is 29.2 Å². The van der Waals surface area contributed by atoms with E-state index in [4.69, 9.17) is 4.74 Å². The average Bonchev–Trinajstić information content (AvgIpc) is 3.02. The number of hydrogen-bond donors (Lipinski definition) is 0. The topological polar surface area (TPSA) is 29.5 Å². The third-order valence-corrected chi connectivity index (χ3v) is 5.09. The lowest BCUT2D eigenvalue weighted by Gasteiger charge is -2.39. The lowest BCUT2D eigenvalue weighted by molar-refractivity contribution is -0.162. The summed E-state index contributed by atoms with van der Waals surface area (Å²) in [7, 11) is 0. The maximum Gasteiger partial charge on any atom is 0.323 e. The summed E-state index contributed by atoms with van der Waals surface area (Å²) in [6.07, 6.45) is 4.85. The van der Waals surface area contributed by atoms with Gasteiger partial charge in [-0.1, -0.05) is 36.8 Å². The van der Waals surface area contributed by atoms with E-state index in [0.29, 0.717) is 18.6 Å². The molecule has 0 unspecified atom stereocenters. The second-order valence-electron chi connectivity index (χ2n) is 6.01. The molecule has 1 aromatic carbocycles. The van der Waals surface area contributed by atoms with Crippen LogP contribution in [0.25, 0.3) is 0 Å². The Morgan fingerprint density at radius 2 is 1.95 bits per heavy atom. The molecule has 0 radical (unpaired) electrons. The van der Waals surface area contributed by atoms with Gasteiger partial charge in [0.1, 0.15) is 12.6 Å². The number of nitrogens with zero attached hydrogens (tertiary/aromatic N) is 1. The normalized spacial score (nSPS) is 37.8. The molecule has 1 saturated carbocycles. The molecule has 0 bridgehead atoms. The molecule has 100 valence electrons. The van der Waals surface area contributed by atoms with E-state index in [1.54, 1.807) is 0 Å². The van der Waals surface area contributed by atoms with Gasteiger partial charge in [-0.05, 0) is 30.7 Å². The van der Waals surface area contributed by atoms with E-state index >= 15 is 0 Å². The Hall–Kier alpha value is -1.35. The van der Waals surface area contributed by atoms with Crippen molar-refractivity contribution >= 4 is 5.97 Å². The Balaban J connectivity index is 1.70. The van der Waals surface area contributed by atoms with Crippen LogP contribution in [0.1, 0.15) is 37.3 Å². The van der Waals surface area contributed by atoms with Crippen LogP contribution in [0.4, 0.5) is 0 Å². The van der Waals surface area contributed by atoms with Crippen molar-refractivity contribution in [3.63, 3.8) is 0 Å². The largest absolute Gasteiger partial charge is 0.462 e. The highest BCUT2D eigenvalue weighted by atomic mass is 16.5. The fourth-order valence-electron chi connectivity index (χ4n) is 4.28. The van der Waals surface area contributed by atoms with Crippen molar-refractivity contribution in [3.05, 3.63) is 35.9 Å². The highest BCUT2D eigenvalue weighted by Gasteiger charge is 2.52. The van der Waals surface area contributed by atoms with Gasteiger partial charge in [-0.15, -0.1) is 0 Å². The number of rotatable bonds is 1. The van der Waals surface area contributed by atoms with Crippen LogP contribution in [0.2, 0.25) is 0 Å². The van der Waals surface area contributed by atoms with Gasteiger partial charge in [-0.2, -0.15) is 0 Å². The first-order valence-corrected chi connectivity index (χ1v) is 7.33. The summed E-state index contributed by atoms with van der Waals surface area (Å²) in [4.78, 5) is 14.5. The summed E-state index contributed by atoms with van der Waals surface area (Å²) >= 11 is 0. The minimum Gasteiger partial charge on any atom is -0.462 e. The molecule has 1 aromatic rings. The number of benzene rings is 1. The summed E-state index contributed by atoms with van der Waals surface area (Å²) in [5.74, 6) is 0.712. The number of fused-ring (bicyclic) bond motifs is 3. The summed E-state index contributed by atoms with van der Waals surface area (Å²) < 4.78 is 5.44. The van der Waals surface area contributed by atoms with Crippen molar-refractivity contribution in [3.8, 4) is 0 Å². The zero-order chi connectivity index (χ0) is 12.8. The monoisotopic (exact) mass is 257 g/mol. The van der Waals surface area contributed by atoms with Crippen LogP contribution in [0.5, 0.6) is 0 Å². The number of carbonyl (C=O) groups excluding carboxylic acids is 1. The average molecular weight is 257 g/mol. The highest BCUT2D eigenvalue weighted by Crippen LogP contribution is 2.47. The summed E-state index contributed by atoms with van der Waals surface area (Å²) in [5, 5.41) is 0. The van der Waals surface area contributed by atoms with Gasteiger partial charge in [0, 0.05) is 6.04 Å². The van der Waals surface area contributed by atoms with Gasteiger partial charge in [0.05, 0.1) is 6.04 Å². The second kappa shape index (κ2) is 4.34. The molecule has 0 spiro atoms. The molecular weight excluding hydrogens is 238 g/mol. The minimum atomic E-state index is 0.00146. The van der Waals surface area contributed by atoms with Gasteiger partial charge in [0.15, 0.2) is 0 Å². The van der Waals surface area contributed by atoms with Crippen LogP contribution in [0, 0.1) is 5.92 Å². The predicted octanol–water partition coefficient (Wildman–Crippen LogP) is 2.53. The van der Waals surface area contributed by atoms with Crippen molar-refractivity contribution in [2.75, 3.05) is 6.61 Å². The molecule has 2 saturated heterocycles. The summed E-state index contributed by atoms with van der Waals surface area (Å²) in [6.45, 7) is 0.516. The molecule has 1 aliphatic carbocycles. The number of esters is 1. The van der Waals surface area contributed by atoms with Gasteiger partial charge in [-0.3, -0.25) is 9.69 Å². The number of ether oxygens (including phenoxy) is 1. The zero-order valence-corrected chi connectivity index (χ0v) is 11.0. The van der Waals surface area contributed by atoms with Gasteiger partial charge >= 0.3 is 5.97 Å². The van der Waals surface area contributed by atoms with E-state index in [1.165, 1.54) is 24.8 Å². The lowest BCUT2D eigenvalue weighted by atomic mass is 10.0. The Bertz CT molecular complexity index is 487. The molecule has 4 rings (SSSR count). The van der Waals surface area contributed by atoms with Crippen molar-refractivity contribution < 1.29 is 9.53 Å². The highest BCUT2D eigenvalue weighted by molar-refractivity contribution is 5.77. The third kappa shape index (κ3) is 1.71. The standard InChI is InChI=1S/C16H19NO2/c18-16-14-9-12-7-4-8-13(12)17(14)15(10-19-16)11-5-2-1-3-6-11/h1-3,5-6,12-15H,4,7-10H2/t12-,13-,14-,15-/m1/s1. The fraction of sp³-hybridized carbons (Fsp3) is 0.562. The first-order chi connectivity index (χ1) is 9.34. The van der Waals surface area contributed by atoms with Crippen molar-refractivity contribution in [1.29, 1.82) is 0 Å². The molecule has 3 fully saturated rings. The quantitative estimate of drug-likeness (QED) is 0.724. The zero-order valence-electron chi connectivity index (χ0n) is 11.0. The summed E-state index contributed by atoms with van der Waals surface area (Å²) in [6, 6.07) is 11.4. The smallest absolute Gasteiger partial charge is 0.323 e. The van der Waals surface area contributed by atoms with Crippen molar-refractivity contribution in [2.24, 2.45) is 5.92 Å². The fourth-order valence-corrected chi connectivity index (χ4v) is 4.28. The Kier molecular flexibility index (Phi) is 2.62. The van der Waals surface area contributed by atoms with E-state index in [0.717, 1.165) is 6.42 Å². The molecule has 3 aliphatic rings. The molecule has 3 nitrogen and oxygen atoms in total. The first-order valence-electron chi connectivity index (χ1n) is 7.33. The van der Waals surface area contributed by atoms with Crippen LogP contribution in [0.15, 0.2) is 30.3 Å². The van der Waals surface area contributed by atoms with Crippen LogP contribution < -0.4 is 0 Å². The molecular formula is C16H19NO2. The van der Waals surface area contributed by atoms with Gasteiger partial charge in [0.2, 0.25) is 0 Å². The van der Waals surface area contributed by atoms with Gasteiger partial charge < -0.3 is 4.74 Å². The van der Waals surface area contributed by atoms with Crippen LogP contribution in [-0.4, -0.2) is 29.6 Å². The van der Waals surface area contributed by atoms with Crippen molar-refractivity contribution in [1.82, 2.24) is 4.90 Å². The van der Waals surface area contributed by atoms with Crippen LogP contribution >= 0.6 is 0 Å². The molecule has 2 heterocycles. The second-order valence-corrected chi connectivity index (χ2v) is 6.01. The number of carbonyl (C=O) groups is 1. The first kappa shape index (κ1) is 11.5. The Morgan fingerprint density at radius 1 is 1.11 bits per heavy atom. The minimum absolute atomic E-state index is 0.00146. The molecule has 19 heavy (non-hydrogen) atoms. The number of cyclic esters (lactones) is 1. The maximum atomic E-state index is 12.0. The Labute approximate surface area is 113 Å². The van der Waals surface area contributed by atoms with Gasteiger partial charge in [-0.25, -0.2) is 0 Å². The van der Waals surface area contributed by atoms with E-state index in [1.807, 2.05) is 6.07 Å². The summed E-state index contributed by atoms with van der Waals surface area (Å²) in [5.41, 5.74) is 1.28. The van der Waals surface area contributed by atoms with E-state index < -0.39 is 0 Å². The molecule has 2 aliphatic heterocycles. The predicted molar refractivity (Wildman–Crippen MR) is 71.5 cm³/mol. The maximum absolute atomic E-state index is 12.0. The lowest BCUT2D eigenvalue weighted by Crippen LogP contribution is -2.49. The van der Waals surface area contributed by atoms with Crippen molar-refractivity contribution in [2.45, 2.75) is 43.8 Å². The van der Waals surface area contributed by atoms with Crippen LogP contribution in [0.3, 0.4) is 0 Å². The van der Waals surface area contributed by atoms with E-state index in [-0.39, 0.29) is 18.1 Å². The third-order valence-electron chi connectivity index (χ3n) is 5.09. The van der Waals surface area contributed by atoms with Gasteiger partial charge in [0.25, 0.3) is 0 Å². The molecule has 0 amide bonds. The molecule has 3 heteroatoms. The molecule has 0 N–H and O–H groups in total. The Morgan fingerprint density at radius 3 is 2.79 bits per heavy atom. The molecule has 0 aromatic heterocycles. The SMILES string of the molecule is O=C1OC[C@H](c2ccccc2)N2[C@@H]1C[C@H]1CCC[C@H]12. The van der Waals surface area contributed by atoms with Crippen LogP contribution in [-0.2, 0) is 9.53 Å². The van der Waals surface area contributed by atoms with E-state index in [9.17, 15) is 4.79 Å². The molecule has 4 atom stereocenters. The number of hydrogen-bond acceptors (Lipinski definition) is 3.